The zero-order valence-corrected chi connectivity index (χ0v) is 23.7. The molecule has 3 aromatic carbocycles. The van der Waals surface area contributed by atoms with Crippen LogP contribution in [0.25, 0.3) is 0 Å². The van der Waals surface area contributed by atoms with Gasteiger partial charge in [0.15, 0.2) is 5.78 Å². The van der Waals surface area contributed by atoms with Crippen LogP contribution in [0.2, 0.25) is 0 Å². The topological polar surface area (TPSA) is 118 Å². The molecule has 2 N–H and O–H groups in total. The molecule has 8 nitrogen and oxygen atoms in total. The van der Waals surface area contributed by atoms with Crippen molar-refractivity contribution in [3.8, 4) is 11.8 Å². The molecule has 0 aromatic heterocycles. The number of methoxy groups -OCH3 is 1. The van der Waals surface area contributed by atoms with Gasteiger partial charge in [-0.1, -0.05) is 42.1 Å². The number of hydrogen-bond donors (Lipinski definition) is 2. The molecule has 1 aliphatic rings. The van der Waals surface area contributed by atoms with Crippen LogP contribution >= 0.6 is 11.8 Å². The number of benzene rings is 3. The van der Waals surface area contributed by atoms with Crippen molar-refractivity contribution in [2.24, 2.45) is 0 Å². The number of carbonyl (C=O) groups is 3. The van der Waals surface area contributed by atoms with E-state index in [0.29, 0.717) is 44.4 Å². The fourth-order valence-corrected chi connectivity index (χ4v) is 5.39. The van der Waals surface area contributed by atoms with Crippen LogP contribution in [0.3, 0.4) is 0 Å². The van der Waals surface area contributed by atoms with Gasteiger partial charge in [-0.25, -0.2) is 4.79 Å². The summed E-state index contributed by atoms with van der Waals surface area (Å²) in [5.41, 5.74) is 3.47. The SMILES string of the molecule is CCOC(=O)c1ccc(NC(=O)C2=C(C)NC(SCC(=O)c3ccc(OC)cc3)=C(C#N)C2c2ccccc2)cc1. The number of anilines is 1. The monoisotopic (exact) mass is 567 g/mol. The van der Waals surface area contributed by atoms with E-state index in [1.165, 1.54) is 11.8 Å². The molecule has 9 heteroatoms. The number of hydrogen-bond acceptors (Lipinski definition) is 8. The summed E-state index contributed by atoms with van der Waals surface area (Å²) >= 11 is 1.23. The van der Waals surface area contributed by atoms with Gasteiger partial charge in [0.2, 0.25) is 0 Å². The molecule has 0 bridgehead atoms. The number of Topliss-reactive ketones (excluding diaryl/α,β-unsaturated/α-hetero) is 1. The minimum atomic E-state index is -0.653. The molecule has 0 saturated heterocycles. The first-order valence-corrected chi connectivity index (χ1v) is 13.9. The summed E-state index contributed by atoms with van der Waals surface area (Å²) in [5, 5.41) is 16.9. The van der Waals surface area contributed by atoms with Gasteiger partial charge in [0.05, 0.1) is 47.6 Å². The van der Waals surface area contributed by atoms with Crippen LogP contribution in [-0.4, -0.2) is 37.1 Å². The van der Waals surface area contributed by atoms with E-state index >= 15 is 0 Å². The Balaban J connectivity index is 1.60. The van der Waals surface area contributed by atoms with Gasteiger partial charge < -0.3 is 20.1 Å². The van der Waals surface area contributed by atoms with E-state index in [0.717, 1.165) is 5.56 Å². The van der Waals surface area contributed by atoms with Gasteiger partial charge in [-0.05, 0) is 67.9 Å². The van der Waals surface area contributed by atoms with Crippen LogP contribution in [0.15, 0.2) is 101 Å². The number of ketones is 1. The van der Waals surface area contributed by atoms with Gasteiger partial charge in [-0.15, -0.1) is 0 Å². The van der Waals surface area contributed by atoms with Crippen molar-refractivity contribution in [1.82, 2.24) is 5.32 Å². The summed E-state index contributed by atoms with van der Waals surface area (Å²) in [4.78, 5) is 38.5. The summed E-state index contributed by atoms with van der Waals surface area (Å²) in [5.74, 6) is -0.826. The number of allylic oxidation sites excluding steroid dienone is 2. The smallest absolute Gasteiger partial charge is 0.338 e. The minimum absolute atomic E-state index is 0.100. The Labute approximate surface area is 243 Å². The molecule has 1 heterocycles. The number of thioether (sulfide) groups is 1. The standard InChI is InChI=1S/C32H29N3O5S/c1-4-40-32(38)23-10-14-24(15-11-23)35-30(37)28-20(2)34-31(26(18-33)29(28)22-8-6-5-7-9-22)41-19-27(36)21-12-16-25(39-3)17-13-21/h5-17,29,34H,4,19H2,1-3H3,(H,35,37). The van der Waals surface area contributed by atoms with E-state index in [4.69, 9.17) is 9.47 Å². The van der Waals surface area contributed by atoms with E-state index < -0.39 is 11.9 Å². The van der Waals surface area contributed by atoms with Gasteiger partial charge in [0, 0.05) is 22.5 Å². The lowest BCUT2D eigenvalue weighted by Gasteiger charge is -2.30. The van der Waals surface area contributed by atoms with Crippen LogP contribution < -0.4 is 15.4 Å². The van der Waals surface area contributed by atoms with Crippen LogP contribution in [0.5, 0.6) is 5.75 Å². The molecule has 41 heavy (non-hydrogen) atoms. The van der Waals surface area contributed by atoms with Gasteiger partial charge in [0.1, 0.15) is 5.75 Å². The maximum Gasteiger partial charge on any atom is 0.338 e. The third-order valence-electron chi connectivity index (χ3n) is 6.44. The van der Waals surface area contributed by atoms with Crippen LogP contribution in [0.4, 0.5) is 5.69 Å². The molecule has 0 fully saturated rings. The number of rotatable bonds is 10. The Morgan fingerprint density at radius 1 is 0.976 bits per heavy atom. The number of carbonyl (C=O) groups excluding carboxylic acids is 3. The Morgan fingerprint density at radius 2 is 1.63 bits per heavy atom. The zero-order chi connectivity index (χ0) is 29.4. The number of nitrogens with zero attached hydrogens (tertiary/aromatic N) is 1. The Morgan fingerprint density at radius 3 is 2.24 bits per heavy atom. The number of ether oxygens (including phenoxy) is 2. The van der Waals surface area contributed by atoms with E-state index in [-0.39, 0.29) is 24.1 Å². The molecule has 1 unspecified atom stereocenters. The quantitative estimate of drug-likeness (QED) is 0.232. The molecule has 4 rings (SSSR count). The second-order valence-corrected chi connectivity index (χ2v) is 10.0. The predicted octanol–water partition coefficient (Wildman–Crippen LogP) is 5.82. The van der Waals surface area contributed by atoms with E-state index in [2.05, 4.69) is 16.7 Å². The van der Waals surface area contributed by atoms with Crippen molar-refractivity contribution < 1.29 is 23.9 Å². The second kappa shape index (κ2) is 13.5. The van der Waals surface area contributed by atoms with Crippen molar-refractivity contribution in [3.63, 3.8) is 0 Å². The summed E-state index contributed by atoms with van der Waals surface area (Å²) in [7, 11) is 1.56. The van der Waals surface area contributed by atoms with Gasteiger partial charge in [0.25, 0.3) is 5.91 Å². The molecule has 1 amide bonds. The highest BCUT2D eigenvalue weighted by Crippen LogP contribution is 2.41. The number of nitrogens with one attached hydrogen (secondary N) is 2. The molecule has 1 atom stereocenters. The van der Waals surface area contributed by atoms with E-state index in [1.807, 2.05) is 30.3 Å². The fourth-order valence-electron chi connectivity index (χ4n) is 4.41. The maximum atomic E-state index is 13.7. The molecule has 0 spiro atoms. The van der Waals surface area contributed by atoms with Gasteiger partial charge >= 0.3 is 5.97 Å². The molecule has 208 valence electrons. The van der Waals surface area contributed by atoms with E-state index in [1.54, 1.807) is 69.5 Å². The third kappa shape index (κ3) is 6.86. The van der Waals surface area contributed by atoms with Crippen LogP contribution in [-0.2, 0) is 9.53 Å². The minimum Gasteiger partial charge on any atom is -0.497 e. The van der Waals surface area contributed by atoms with Crippen molar-refractivity contribution in [2.75, 3.05) is 24.8 Å². The maximum absolute atomic E-state index is 13.7. The normalized spacial score (nSPS) is 14.5. The summed E-state index contributed by atoms with van der Waals surface area (Å²) < 4.78 is 10.2. The highest BCUT2D eigenvalue weighted by Gasteiger charge is 2.35. The first-order chi connectivity index (χ1) is 19.9. The average molecular weight is 568 g/mol. The van der Waals surface area contributed by atoms with Crippen LogP contribution in [0.1, 0.15) is 46.0 Å². The lowest BCUT2D eigenvalue weighted by Crippen LogP contribution is -2.31. The largest absolute Gasteiger partial charge is 0.497 e. The van der Waals surface area contributed by atoms with Crippen molar-refractivity contribution in [3.05, 3.63) is 117 Å². The molecule has 0 radical (unpaired) electrons. The molecule has 1 aliphatic heterocycles. The highest BCUT2D eigenvalue weighted by atomic mass is 32.2. The highest BCUT2D eigenvalue weighted by molar-refractivity contribution is 8.03. The summed E-state index contributed by atoms with van der Waals surface area (Å²) in [6.07, 6.45) is 0. The third-order valence-corrected chi connectivity index (χ3v) is 7.46. The molecule has 3 aromatic rings. The molecule has 0 aliphatic carbocycles. The Hall–Kier alpha value is -4.81. The Kier molecular flexibility index (Phi) is 9.61. The number of esters is 1. The first-order valence-electron chi connectivity index (χ1n) is 12.9. The number of dihydropyridines is 1. The number of nitriles is 1. The fraction of sp³-hybridized carbons (Fsp3) is 0.188. The second-order valence-electron chi connectivity index (χ2n) is 9.05. The summed E-state index contributed by atoms with van der Waals surface area (Å²) in [6.45, 7) is 3.77. The molecule has 0 saturated carbocycles. The van der Waals surface area contributed by atoms with Crippen molar-refractivity contribution >= 4 is 35.1 Å². The summed E-state index contributed by atoms with van der Waals surface area (Å²) in [6, 6.07) is 24.9. The van der Waals surface area contributed by atoms with Gasteiger partial charge in [-0.2, -0.15) is 5.26 Å². The zero-order valence-electron chi connectivity index (χ0n) is 22.9. The van der Waals surface area contributed by atoms with Crippen molar-refractivity contribution in [2.45, 2.75) is 19.8 Å². The Bertz CT molecular complexity index is 1540. The lowest BCUT2D eigenvalue weighted by atomic mass is 9.82. The number of amides is 1. The van der Waals surface area contributed by atoms with Gasteiger partial charge in [-0.3, -0.25) is 9.59 Å². The van der Waals surface area contributed by atoms with Crippen molar-refractivity contribution in [1.29, 1.82) is 5.26 Å². The lowest BCUT2D eigenvalue weighted by molar-refractivity contribution is -0.113. The average Bonchev–Trinajstić information content (AvgIpc) is 3.00. The first kappa shape index (κ1) is 29.2. The van der Waals surface area contributed by atoms with E-state index in [9.17, 15) is 19.6 Å². The molecular weight excluding hydrogens is 538 g/mol. The van der Waals surface area contributed by atoms with Crippen LogP contribution in [0, 0.1) is 11.3 Å². The molecular formula is C32H29N3O5S. The predicted molar refractivity (Wildman–Crippen MR) is 158 cm³/mol.